The summed E-state index contributed by atoms with van der Waals surface area (Å²) in [7, 11) is 0. The number of halogens is 1. The summed E-state index contributed by atoms with van der Waals surface area (Å²) in [5.41, 5.74) is 0. The number of unbranched alkanes of at least 4 members (excludes halogenated alkanes) is 3. The summed E-state index contributed by atoms with van der Waals surface area (Å²) in [5.74, 6) is 0. The molecular formula is C9H17FO. The molecule has 1 nitrogen and oxygen atoms in total. The third kappa shape index (κ3) is 7.53. The highest BCUT2D eigenvalue weighted by atomic mass is 19.1. The molecular weight excluding hydrogens is 143 g/mol. The Morgan fingerprint density at radius 1 is 1.36 bits per heavy atom. The first-order valence-electron chi connectivity index (χ1n) is 4.26. The summed E-state index contributed by atoms with van der Waals surface area (Å²) in [6.07, 6.45) is 6.20. The minimum atomic E-state index is -0.586. The molecule has 0 radical (unpaired) electrons. The van der Waals surface area contributed by atoms with Gasteiger partial charge in [-0.25, -0.2) is 4.39 Å². The molecule has 0 aliphatic rings. The van der Waals surface area contributed by atoms with E-state index in [0.717, 1.165) is 12.8 Å². The van der Waals surface area contributed by atoms with Crippen LogP contribution in [0.3, 0.4) is 0 Å². The maximum Gasteiger partial charge on any atom is 0.0852 e. The summed E-state index contributed by atoms with van der Waals surface area (Å²) in [5, 5.41) is 9.02. The van der Waals surface area contributed by atoms with Crippen LogP contribution in [0.1, 0.15) is 39.0 Å². The predicted molar refractivity (Wildman–Crippen MR) is 45.0 cm³/mol. The molecule has 0 bridgehead atoms. The summed E-state index contributed by atoms with van der Waals surface area (Å²) >= 11 is 0. The van der Waals surface area contributed by atoms with Crippen LogP contribution in [-0.4, -0.2) is 11.2 Å². The van der Waals surface area contributed by atoms with E-state index in [-0.39, 0.29) is 0 Å². The van der Waals surface area contributed by atoms with Gasteiger partial charge in [0.1, 0.15) is 0 Å². The first-order valence-corrected chi connectivity index (χ1v) is 4.26. The quantitative estimate of drug-likeness (QED) is 0.592. The second-order valence-corrected chi connectivity index (χ2v) is 2.74. The zero-order valence-electron chi connectivity index (χ0n) is 7.09. The molecule has 0 aromatic rings. The Kier molecular flexibility index (Phi) is 7.47. The van der Waals surface area contributed by atoms with E-state index in [9.17, 15) is 4.39 Å². The Morgan fingerprint density at radius 3 is 2.64 bits per heavy atom. The first-order chi connectivity index (χ1) is 5.31. The van der Waals surface area contributed by atoms with Crippen LogP contribution in [0.25, 0.3) is 0 Å². The van der Waals surface area contributed by atoms with Crippen LogP contribution < -0.4 is 0 Å². The predicted octanol–water partition coefficient (Wildman–Crippen LogP) is 2.80. The van der Waals surface area contributed by atoms with Crippen molar-refractivity contribution < 1.29 is 9.50 Å². The van der Waals surface area contributed by atoms with Crippen molar-refractivity contribution in [3.05, 3.63) is 12.4 Å². The third-order valence-corrected chi connectivity index (χ3v) is 1.65. The van der Waals surface area contributed by atoms with Gasteiger partial charge in [0.15, 0.2) is 0 Å². The van der Waals surface area contributed by atoms with E-state index in [0.29, 0.717) is 12.8 Å². The van der Waals surface area contributed by atoms with Crippen molar-refractivity contribution in [1.82, 2.24) is 0 Å². The van der Waals surface area contributed by atoms with Gasteiger partial charge in [-0.2, -0.15) is 0 Å². The zero-order chi connectivity index (χ0) is 8.53. The Bertz CT molecular complexity index is 102. The van der Waals surface area contributed by atoms with Crippen molar-refractivity contribution in [2.24, 2.45) is 0 Å². The van der Waals surface area contributed by atoms with Crippen LogP contribution in [0.5, 0.6) is 0 Å². The van der Waals surface area contributed by atoms with E-state index >= 15 is 0 Å². The maximum absolute atomic E-state index is 11.5. The van der Waals surface area contributed by atoms with Gasteiger partial charge in [-0.3, -0.25) is 0 Å². The largest absolute Gasteiger partial charge is 0.389 e. The van der Waals surface area contributed by atoms with E-state index in [2.05, 4.69) is 6.92 Å². The van der Waals surface area contributed by atoms with Gasteiger partial charge in [-0.15, -0.1) is 0 Å². The van der Waals surface area contributed by atoms with Gasteiger partial charge < -0.3 is 5.11 Å². The molecule has 0 rings (SSSR count). The first kappa shape index (κ1) is 10.6. The standard InChI is InChI=1S/C9H17FO/c1-2-3-4-5-6-9(11)7-8-10/h7-9,11H,2-6H2,1H3/b8-7+. The molecule has 0 fully saturated rings. The highest BCUT2D eigenvalue weighted by Gasteiger charge is 1.97. The molecule has 0 aliphatic carbocycles. The monoisotopic (exact) mass is 160 g/mol. The lowest BCUT2D eigenvalue weighted by Crippen LogP contribution is -2.00. The van der Waals surface area contributed by atoms with Gasteiger partial charge in [0.05, 0.1) is 12.4 Å². The summed E-state index contributed by atoms with van der Waals surface area (Å²) < 4.78 is 11.5. The smallest absolute Gasteiger partial charge is 0.0852 e. The minimum Gasteiger partial charge on any atom is -0.389 e. The lowest BCUT2D eigenvalue weighted by atomic mass is 10.1. The van der Waals surface area contributed by atoms with Gasteiger partial charge in [-0.05, 0) is 12.5 Å². The third-order valence-electron chi connectivity index (χ3n) is 1.65. The molecule has 2 heteroatoms. The highest BCUT2D eigenvalue weighted by molar-refractivity contribution is 4.81. The fraction of sp³-hybridized carbons (Fsp3) is 0.778. The lowest BCUT2D eigenvalue weighted by molar-refractivity contribution is 0.206. The van der Waals surface area contributed by atoms with Crippen LogP contribution in [0, 0.1) is 0 Å². The summed E-state index contributed by atoms with van der Waals surface area (Å²) in [6.45, 7) is 2.14. The average molecular weight is 160 g/mol. The SMILES string of the molecule is CCCCCCC(O)/C=C/F. The van der Waals surface area contributed by atoms with Crippen molar-refractivity contribution >= 4 is 0 Å². The van der Waals surface area contributed by atoms with E-state index < -0.39 is 6.10 Å². The van der Waals surface area contributed by atoms with Crippen molar-refractivity contribution in [1.29, 1.82) is 0 Å². The molecule has 0 aliphatic heterocycles. The van der Waals surface area contributed by atoms with E-state index in [1.165, 1.54) is 18.9 Å². The van der Waals surface area contributed by atoms with Crippen molar-refractivity contribution in [3.8, 4) is 0 Å². The molecule has 0 heterocycles. The molecule has 1 unspecified atom stereocenters. The molecule has 66 valence electrons. The van der Waals surface area contributed by atoms with Crippen LogP contribution >= 0.6 is 0 Å². The Hall–Kier alpha value is -0.370. The van der Waals surface area contributed by atoms with E-state index in [4.69, 9.17) is 5.11 Å². The Labute approximate surface area is 67.9 Å². The van der Waals surface area contributed by atoms with Crippen molar-refractivity contribution in [3.63, 3.8) is 0 Å². The van der Waals surface area contributed by atoms with Gasteiger partial charge in [0, 0.05) is 0 Å². The highest BCUT2D eigenvalue weighted by Crippen LogP contribution is 2.05. The molecule has 11 heavy (non-hydrogen) atoms. The van der Waals surface area contributed by atoms with E-state index in [1.54, 1.807) is 0 Å². The lowest BCUT2D eigenvalue weighted by Gasteiger charge is -2.02. The molecule has 1 atom stereocenters. The molecule has 1 N–H and O–H groups in total. The Morgan fingerprint density at radius 2 is 2.09 bits per heavy atom. The van der Waals surface area contributed by atoms with Gasteiger partial charge >= 0.3 is 0 Å². The normalized spacial score (nSPS) is 14.1. The van der Waals surface area contributed by atoms with Crippen LogP contribution in [0.15, 0.2) is 12.4 Å². The summed E-state index contributed by atoms with van der Waals surface area (Å²) in [4.78, 5) is 0. The molecule has 0 aromatic carbocycles. The fourth-order valence-corrected chi connectivity index (χ4v) is 0.960. The number of aliphatic hydroxyl groups is 1. The van der Waals surface area contributed by atoms with Crippen molar-refractivity contribution in [2.75, 3.05) is 0 Å². The summed E-state index contributed by atoms with van der Waals surface area (Å²) in [6, 6.07) is 0. The van der Waals surface area contributed by atoms with E-state index in [1.807, 2.05) is 0 Å². The van der Waals surface area contributed by atoms with Crippen LogP contribution in [0.4, 0.5) is 4.39 Å². The molecule has 0 saturated carbocycles. The number of rotatable bonds is 6. The number of hydrogen-bond acceptors (Lipinski definition) is 1. The second-order valence-electron chi connectivity index (χ2n) is 2.74. The van der Waals surface area contributed by atoms with Gasteiger partial charge in [0.2, 0.25) is 0 Å². The molecule has 0 amide bonds. The maximum atomic E-state index is 11.5. The minimum absolute atomic E-state index is 0.407. The average Bonchev–Trinajstić information content (AvgIpc) is 1.99. The molecule has 0 saturated heterocycles. The van der Waals surface area contributed by atoms with Crippen molar-refractivity contribution in [2.45, 2.75) is 45.1 Å². The van der Waals surface area contributed by atoms with Gasteiger partial charge in [-0.1, -0.05) is 32.6 Å². The topological polar surface area (TPSA) is 20.2 Å². The molecule has 0 spiro atoms. The van der Waals surface area contributed by atoms with Gasteiger partial charge in [0.25, 0.3) is 0 Å². The number of hydrogen-bond donors (Lipinski definition) is 1. The zero-order valence-corrected chi connectivity index (χ0v) is 7.09. The number of aliphatic hydroxyl groups excluding tert-OH is 1. The molecule has 0 aromatic heterocycles. The Balaban J connectivity index is 3.10. The van der Waals surface area contributed by atoms with Crippen LogP contribution in [-0.2, 0) is 0 Å². The van der Waals surface area contributed by atoms with Crippen LogP contribution in [0.2, 0.25) is 0 Å². The second kappa shape index (κ2) is 7.73. The fourth-order valence-electron chi connectivity index (χ4n) is 0.960.